The summed E-state index contributed by atoms with van der Waals surface area (Å²) in [5.74, 6) is -0.703. The number of methoxy groups -OCH3 is 1. The molecular weight excluding hydrogens is 417 g/mol. The Morgan fingerprint density at radius 3 is 2.52 bits per heavy atom. The number of ether oxygens (including phenoxy) is 2. The van der Waals surface area contributed by atoms with Crippen LogP contribution in [0.15, 0.2) is 47.1 Å². The molecule has 1 amide bonds. The molecule has 11 heteroatoms. The van der Waals surface area contributed by atoms with Crippen molar-refractivity contribution in [3.63, 3.8) is 0 Å². The Labute approximate surface area is 174 Å². The maximum atomic E-state index is 12.6. The summed E-state index contributed by atoms with van der Waals surface area (Å²) in [5, 5.41) is 3.29. The highest BCUT2D eigenvalue weighted by molar-refractivity contribution is 5.94. The van der Waals surface area contributed by atoms with Crippen molar-refractivity contribution in [1.82, 2.24) is 20.0 Å². The minimum absolute atomic E-state index is 0.0974. The summed E-state index contributed by atoms with van der Waals surface area (Å²) < 4.78 is 52.9. The second-order valence-electron chi connectivity index (χ2n) is 6.81. The number of rotatable bonds is 5. The van der Waals surface area contributed by atoms with Crippen molar-refractivity contribution in [3.05, 3.63) is 54.0 Å². The fraction of sp³-hybridized carbons (Fsp3) is 0.300. The molecule has 0 aliphatic carbocycles. The van der Waals surface area contributed by atoms with Crippen LogP contribution in [-0.4, -0.2) is 52.2 Å². The van der Waals surface area contributed by atoms with Crippen LogP contribution in [0.1, 0.15) is 22.7 Å². The number of benzene rings is 1. The third-order valence-electron chi connectivity index (χ3n) is 4.71. The molecule has 0 saturated carbocycles. The SMILES string of the molecule is COc1ccc(C(=O)N2CC[C@@H](Oc3ccc(-c4noc(C(F)(F)F)n4)nc3)C2)cc1. The van der Waals surface area contributed by atoms with Gasteiger partial charge in [-0.05, 0) is 36.4 Å². The second kappa shape index (κ2) is 8.25. The molecule has 0 unspecified atom stereocenters. The van der Waals surface area contributed by atoms with Gasteiger partial charge < -0.3 is 18.9 Å². The average Bonchev–Trinajstić information content (AvgIpc) is 3.44. The first kappa shape index (κ1) is 20.6. The van der Waals surface area contributed by atoms with E-state index < -0.39 is 12.1 Å². The number of aromatic nitrogens is 3. The van der Waals surface area contributed by atoms with Gasteiger partial charge in [-0.2, -0.15) is 18.2 Å². The van der Waals surface area contributed by atoms with Crippen LogP contribution in [0.5, 0.6) is 11.5 Å². The predicted molar refractivity (Wildman–Crippen MR) is 100 cm³/mol. The summed E-state index contributed by atoms with van der Waals surface area (Å²) in [5.41, 5.74) is 0.681. The first-order valence-corrected chi connectivity index (χ1v) is 9.31. The van der Waals surface area contributed by atoms with E-state index in [2.05, 4.69) is 19.6 Å². The number of halogens is 3. The Morgan fingerprint density at radius 1 is 1.16 bits per heavy atom. The number of hydrogen-bond donors (Lipinski definition) is 0. The van der Waals surface area contributed by atoms with E-state index in [9.17, 15) is 18.0 Å². The van der Waals surface area contributed by atoms with Gasteiger partial charge in [-0.1, -0.05) is 5.16 Å². The van der Waals surface area contributed by atoms with Gasteiger partial charge in [0.05, 0.1) is 19.9 Å². The van der Waals surface area contributed by atoms with Gasteiger partial charge in [0.25, 0.3) is 5.91 Å². The lowest BCUT2D eigenvalue weighted by Gasteiger charge is -2.17. The molecule has 0 N–H and O–H groups in total. The monoisotopic (exact) mass is 434 g/mol. The van der Waals surface area contributed by atoms with Gasteiger partial charge in [0.1, 0.15) is 23.3 Å². The van der Waals surface area contributed by atoms with Crippen LogP contribution < -0.4 is 9.47 Å². The highest BCUT2D eigenvalue weighted by Crippen LogP contribution is 2.29. The molecule has 0 radical (unpaired) electrons. The van der Waals surface area contributed by atoms with Crippen LogP contribution in [0.3, 0.4) is 0 Å². The first-order valence-electron chi connectivity index (χ1n) is 9.31. The second-order valence-corrected chi connectivity index (χ2v) is 6.81. The van der Waals surface area contributed by atoms with E-state index >= 15 is 0 Å². The van der Waals surface area contributed by atoms with E-state index in [1.54, 1.807) is 42.3 Å². The van der Waals surface area contributed by atoms with Gasteiger partial charge in [0.2, 0.25) is 5.82 Å². The molecule has 1 saturated heterocycles. The van der Waals surface area contributed by atoms with Crippen LogP contribution >= 0.6 is 0 Å². The van der Waals surface area contributed by atoms with Crippen molar-refractivity contribution >= 4 is 5.91 Å². The minimum Gasteiger partial charge on any atom is -0.497 e. The molecule has 3 aromatic rings. The molecule has 2 aromatic heterocycles. The molecule has 3 heterocycles. The van der Waals surface area contributed by atoms with Gasteiger partial charge in [-0.25, -0.2) is 4.98 Å². The molecular formula is C20H17F3N4O4. The summed E-state index contributed by atoms with van der Waals surface area (Å²) in [7, 11) is 1.56. The summed E-state index contributed by atoms with van der Waals surface area (Å²) in [6.45, 7) is 0.955. The van der Waals surface area contributed by atoms with Crippen molar-refractivity contribution in [2.45, 2.75) is 18.7 Å². The number of carbonyl (C=O) groups is 1. The summed E-state index contributed by atoms with van der Waals surface area (Å²) in [6.07, 6.45) is -2.93. The van der Waals surface area contributed by atoms with E-state index in [-0.39, 0.29) is 23.5 Å². The zero-order chi connectivity index (χ0) is 22.0. The highest BCUT2D eigenvalue weighted by Gasteiger charge is 2.38. The number of carbonyl (C=O) groups excluding carboxylic acids is 1. The van der Waals surface area contributed by atoms with Crippen LogP contribution in [0.25, 0.3) is 11.5 Å². The Kier molecular flexibility index (Phi) is 5.49. The summed E-state index contributed by atoms with van der Waals surface area (Å²) in [4.78, 5) is 21.7. The normalized spacial score (nSPS) is 16.4. The fourth-order valence-electron chi connectivity index (χ4n) is 3.14. The zero-order valence-corrected chi connectivity index (χ0v) is 16.3. The molecule has 1 aliphatic rings. The molecule has 0 spiro atoms. The largest absolute Gasteiger partial charge is 0.497 e. The molecule has 4 rings (SSSR count). The molecule has 1 aliphatic heterocycles. The van der Waals surface area contributed by atoms with Crippen LogP contribution in [-0.2, 0) is 6.18 Å². The summed E-state index contributed by atoms with van der Waals surface area (Å²) in [6, 6.07) is 9.87. The number of pyridine rings is 1. The number of likely N-dealkylation sites (tertiary alicyclic amines) is 1. The molecule has 1 atom stereocenters. The van der Waals surface area contributed by atoms with Gasteiger partial charge in [0.15, 0.2) is 0 Å². The predicted octanol–water partition coefficient (Wildman–Crippen LogP) is 3.45. The van der Waals surface area contributed by atoms with Crippen molar-refractivity contribution in [1.29, 1.82) is 0 Å². The van der Waals surface area contributed by atoms with Gasteiger partial charge in [-0.3, -0.25) is 4.79 Å². The molecule has 1 aromatic carbocycles. The van der Waals surface area contributed by atoms with Crippen LogP contribution in [0.4, 0.5) is 13.2 Å². The lowest BCUT2D eigenvalue weighted by atomic mass is 10.2. The van der Waals surface area contributed by atoms with E-state index in [1.165, 1.54) is 12.3 Å². The standard InChI is InChI=1S/C20H17F3N4O4/c1-29-13-4-2-12(3-5-13)18(28)27-9-8-15(11-27)30-14-6-7-16(24-10-14)17-25-19(31-26-17)20(21,22)23/h2-7,10,15H,8-9,11H2,1H3/t15-/m1/s1. The first-order chi connectivity index (χ1) is 14.8. The quantitative estimate of drug-likeness (QED) is 0.608. The minimum atomic E-state index is -4.72. The fourth-order valence-corrected chi connectivity index (χ4v) is 3.14. The maximum absolute atomic E-state index is 12.6. The van der Waals surface area contributed by atoms with E-state index in [0.717, 1.165) is 0 Å². The molecule has 162 valence electrons. The molecule has 8 nitrogen and oxygen atoms in total. The Hall–Kier alpha value is -3.63. The lowest BCUT2D eigenvalue weighted by molar-refractivity contribution is -0.159. The van der Waals surface area contributed by atoms with Gasteiger partial charge in [0, 0.05) is 18.5 Å². The third kappa shape index (κ3) is 4.60. The number of nitrogens with zero attached hydrogens (tertiary/aromatic N) is 4. The lowest BCUT2D eigenvalue weighted by Crippen LogP contribution is -2.30. The Balaban J connectivity index is 1.35. The van der Waals surface area contributed by atoms with E-state index in [4.69, 9.17) is 9.47 Å². The Bertz CT molecular complexity index is 1050. The van der Waals surface area contributed by atoms with Crippen molar-refractivity contribution in [3.8, 4) is 23.0 Å². The Morgan fingerprint density at radius 2 is 1.90 bits per heavy atom. The van der Waals surface area contributed by atoms with Crippen molar-refractivity contribution in [2.75, 3.05) is 20.2 Å². The number of hydrogen-bond acceptors (Lipinski definition) is 7. The van der Waals surface area contributed by atoms with Crippen LogP contribution in [0, 0.1) is 0 Å². The van der Waals surface area contributed by atoms with E-state index in [0.29, 0.717) is 36.6 Å². The number of amides is 1. The topological polar surface area (TPSA) is 90.6 Å². The molecule has 31 heavy (non-hydrogen) atoms. The zero-order valence-electron chi connectivity index (χ0n) is 16.3. The number of alkyl halides is 3. The third-order valence-corrected chi connectivity index (χ3v) is 4.71. The van der Waals surface area contributed by atoms with Gasteiger partial charge >= 0.3 is 12.1 Å². The highest BCUT2D eigenvalue weighted by atomic mass is 19.4. The average molecular weight is 434 g/mol. The van der Waals surface area contributed by atoms with Crippen molar-refractivity contribution in [2.24, 2.45) is 0 Å². The molecule has 0 bridgehead atoms. The summed E-state index contributed by atoms with van der Waals surface area (Å²) >= 11 is 0. The maximum Gasteiger partial charge on any atom is 0.471 e. The van der Waals surface area contributed by atoms with Gasteiger partial charge in [-0.15, -0.1) is 0 Å². The molecule has 1 fully saturated rings. The van der Waals surface area contributed by atoms with Crippen molar-refractivity contribution < 1.29 is 32.0 Å². The smallest absolute Gasteiger partial charge is 0.471 e. The van der Waals surface area contributed by atoms with E-state index in [1.807, 2.05) is 0 Å². The van der Waals surface area contributed by atoms with Crippen LogP contribution in [0.2, 0.25) is 0 Å².